The van der Waals surface area contributed by atoms with Gasteiger partial charge in [0, 0.05) is 6.54 Å². The number of carbonyl (C=O) groups is 2. The molecule has 92 valence electrons. The van der Waals surface area contributed by atoms with E-state index >= 15 is 0 Å². The van der Waals surface area contributed by atoms with Gasteiger partial charge in [-0.15, -0.1) is 0 Å². The van der Waals surface area contributed by atoms with Gasteiger partial charge in [0.1, 0.15) is 0 Å². The molecule has 0 aliphatic heterocycles. The van der Waals surface area contributed by atoms with E-state index in [4.69, 9.17) is 9.94 Å². The van der Waals surface area contributed by atoms with Crippen LogP contribution in [0.4, 0.5) is 0 Å². The number of aromatic carboxylic acids is 1. The van der Waals surface area contributed by atoms with Gasteiger partial charge in [-0.1, -0.05) is 25.5 Å². The van der Waals surface area contributed by atoms with E-state index in [1.165, 1.54) is 12.1 Å². The first-order chi connectivity index (χ1) is 8.16. The van der Waals surface area contributed by atoms with Crippen LogP contribution in [0.15, 0.2) is 24.3 Å². The molecule has 1 rings (SSSR count). The van der Waals surface area contributed by atoms with Gasteiger partial charge in [-0.3, -0.25) is 0 Å². The van der Waals surface area contributed by atoms with E-state index in [9.17, 15) is 9.59 Å². The molecular weight excluding hydrogens is 222 g/mol. The summed E-state index contributed by atoms with van der Waals surface area (Å²) in [6, 6.07) is 5.94. The highest BCUT2D eigenvalue weighted by atomic mass is 16.7. The molecule has 0 radical (unpaired) electrons. The summed E-state index contributed by atoms with van der Waals surface area (Å²) >= 11 is 0. The maximum atomic E-state index is 11.6. The Morgan fingerprint density at radius 3 is 2.53 bits per heavy atom. The number of nitrogens with one attached hydrogen (secondary N) is 1. The predicted molar refractivity (Wildman–Crippen MR) is 61.7 cm³/mol. The molecule has 17 heavy (non-hydrogen) atoms. The van der Waals surface area contributed by atoms with Gasteiger partial charge in [0.25, 0.3) is 0 Å². The molecule has 1 aromatic carbocycles. The molecule has 5 heteroatoms. The molecular formula is C12H15NO4. The van der Waals surface area contributed by atoms with Gasteiger partial charge in [0.05, 0.1) is 11.1 Å². The summed E-state index contributed by atoms with van der Waals surface area (Å²) in [4.78, 5) is 27.2. The van der Waals surface area contributed by atoms with Crippen LogP contribution in [0.2, 0.25) is 0 Å². The fraction of sp³-hybridized carbons (Fsp3) is 0.333. The van der Waals surface area contributed by atoms with Gasteiger partial charge < -0.3 is 9.94 Å². The number of benzene rings is 1. The third kappa shape index (κ3) is 3.88. The Balaban J connectivity index is 2.65. The Morgan fingerprint density at radius 1 is 1.29 bits per heavy atom. The van der Waals surface area contributed by atoms with Crippen LogP contribution in [0.5, 0.6) is 0 Å². The largest absolute Gasteiger partial charge is 0.478 e. The van der Waals surface area contributed by atoms with Crippen molar-refractivity contribution in [3.05, 3.63) is 35.4 Å². The zero-order chi connectivity index (χ0) is 12.7. The summed E-state index contributed by atoms with van der Waals surface area (Å²) in [6.07, 6.45) is 1.87. The van der Waals surface area contributed by atoms with Gasteiger partial charge in [-0.2, -0.15) is 5.48 Å². The van der Waals surface area contributed by atoms with Crippen molar-refractivity contribution >= 4 is 11.9 Å². The quantitative estimate of drug-likeness (QED) is 0.583. The van der Waals surface area contributed by atoms with Crippen LogP contribution in [0.3, 0.4) is 0 Å². The molecule has 0 heterocycles. The highest BCUT2D eigenvalue weighted by Gasteiger charge is 2.16. The van der Waals surface area contributed by atoms with Gasteiger partial charge >= 0.3 is 11.9 Å². The molecule has 0 spiro atoms. The third-order valence-corrected chi connectivity index (χ3v) is 2.17. The van der Waals surface area contributed by atoms with Crippen molar-refractivity contribution in [3.8, 4) is 0 Å². The lowest BCUT2D eigenvalue weighted by atomic mass is 10.1. The predicted octanol–water partition coefficient (Wildman–Crippen LogP) is 1.85. The summed E-state index contributed by atoms with van der Waals surface area (Å²) in [6.45, 7) is 2.57. The van der Waals surface area contributed by atoms with E-state index in [-0.39, 0.29) is 11.1 Å². The first-order valence-corrected chi connectivity index (χ1v) is 5.43. The molecule has 1 aromatic rings. The van der Waals surface area contributed by atoms with Crippen molar-refractivity contribution in [2.24, 2.45) is 0 Å². The fourth-order valence-corrected chi connectivity index (χ4v) is 1.27. The van der Waals surface area contributed by atoms with Gasteiger partial charge in [0.2, 0.25) is 0 Å². The van der Waals surface area contributed by atoms with Crippen LogP contribution in [0.25, 0.3) is 0 Å². The first kappa shape index (κ1) is 13.2. The minimum Gasteiger partial charge on any atom is -0.478 e. The molecule has 0 atom stereocenters. The summed E-state index contributed by atoms with van der Waals surface area (Å²) in [5, 5.41) is 8.90. The number of hydrogen-bond acceptors (Lipinski definition) is 4. The standard InChI is InChI=1S/C12H15NO4/c1-2-3-8-13-17-12(16)10-7-5-4-6-9(10)11(14)15/h4-7,13H,2-3,8H2,1H3,(H,14,15). The van der Waals surface area contributed by atoms with Crippen LogP contribution in [0.1, 0.15) is 40.5 Å². The Morgan fingerprint density at radius 2 is 1.94 bits per heavy atom. The van der Waals surface area contributed by atoms with E-state index < -0.39 is 11.9 Å². The Hall–Kier alpha value is -1.88. The SMILES string of the molecule is CCCCNOC(=O)c1ccccc1C(=O)O. The molecule has 0 aromatic heterocycles. The maximum Gasteiger partial charge on any atom is 0.357 e. The highest BCUT2D eigenvalue weighted by Crippen LogP contribution is 2.09. The van der Waals surface area contributed by atoms with Crippen molar-refractivity contribution in [1.82, 2.24) is 5.48 Å². The third-order valence-electron chi connectivity index (χ3n) is 2.17. The lowest BCUT2D eigenvalue weighted by Gasteiger charge is -2.06. The summed E-state index contributed by atoms with van der Waals surface area (Å²) < 4.78 is 0. The number of carbonyl (C=O) groups excluding carboxylic acids is 1. The number of rotatable bonds is 6. The zero-order valence-electron chi connectivity index (χ0n) is 9.60. The molecule has 0 aliphatic rings. The Labute approximate surface area is 99.4 Å². The highest BCUT2D eigenvalue weighted by molar-refractivity contribution is 6.02. The second kappa shape index (κ2) is 6.65. The Kier molecular flexibility index (Phi) is 5.16. The minimum atomic E-state index is -1.15. The first-order valence-electron chi connectivity index (χ1n) is 5.43. The number of hydrogen-bond donors (Lipinski definition) is 2. The van der Waals surface area contributed by atoms with Crippen molar-refractivity contribution in [3.63, 3.8) is 0 Å². The lowest BCUT2D eigenvalue weighted by molar-refractivity contribution is 0.0247. The average molecular weight is 237 g/mol. The fourth-order valence-electron chi connectivity index (χ4n) is 1.27. The van der Waals surface area contributed by atoms with Crippen LogP contribution in [-0.4, -0.2) is 23.6 Å². The molecule has 2 N–H and O–H groups in total. The number of carboxylic acids is 1. The molecule has 0 saturated carbocycles. The van der Waals surface area contributed by atoms with Crippen LogP contribution < -0.4 is 5.48 Å². The van der Waals surface area contributed by atoms with Crippen LogP contribution in [-0.2, 0) is 4.84 Å². The smallest absolute Gasteiger partial charge is 0.357 e. The molecule has 0 aliphatic carbocycles. The number of hydroxylamine groups is 1. The number of carboxylic acid groups (broad SMARTS) is 1. The monoisotopic (exact) mass is 237 g/mol. The zero-order valence-corrected chi connectivity index (χ0v) is 9.60. The van der Waals surface area contributed by atoms with Gasteiger partial charge in [-0.05, 0) is 18.6 Å². The van der Waals surface area contributed by atoms with E-state index in [2.05, 4.69) is 5.48 Å². The van der Waals surface area contributed by atoms with Crippen molar-refractivity contribution < 1.29 is 19.5 Å². The molecule has 5 nitrogen and oxygen atoms in total. The topological polar surface area (TPSA) is 75.6 Å². The molecule has 0 unspecified atom stereocenters. The van der Waals surface area contributed by atoms with Crippen LogP contribution >= 0.6 is 0 Å². The number of unbranched alkanes of at least 4 members (excludes halogenated alkanes) is 1. The summed E-state index contributed by atoms with van der Waals surface area (Å²) in [7, 11) is 0. The second-order valence-corrected chi connectivity index (χ2v) is 3.49. The maximum absolute atomic E-state index is 11.6. The normalized spacial score (nSPS) is 9.94. The average Bonchev–Trinajstić information content (AvgIpc) is 2.34. The van der Waals surface area contributed by atoms with E-state index in [0.29, 0.717) is 6.54 Å². The van der Waals surface area contributed by atoms with Crippen molar-refractivity contribution in [2.75, 3.05) is 6.54 Å². The molecule has 0 bridgehead atoms. The van der Waals surface area contributed by atoms with Gasteiger partial charge in [-0.25, -0.2) is 9.59 Å². The van der Waals surface area contributed by atoms with Crippen molar-refractivity contribution in [1.29, 1.82) is 0 Å². The summed E-state index contributed by atoms with van der Waals surface area (Å²) in [5.74, 6) is -1.83. The Bertz CT molecular complexity index is 403. The molecule has 0 fully saturated rings. The summed E-state index contributed by atoms with van der Waals surface area (Å²) in [5.41, 5.74) is 2.49. The second-order valence-electron chi connectivity index (χ2n) is 3.49. The van der Waals surface area contributed by atoms with E-state index in [1.807, 2.05) is 6.92 Å². The van der Waals surface area contributed by atoms with Gasteiger partial charge in [0.15, 0.2) is 0 Å². The van der Waals surface area contributed by atoms with E-state index in [0.717, 1.165) is 12.8 Å². The van der Waals surface area contributed by atoms with E-state index in [1.54, 1.807) is 12.1 Å². The molecule has 0 saturated heterocycles. The molecule has 0 amide bonds. The van der Waals surface area contributed by atoms with Crippen molar-refractivity contribution in [2.45, 2.75) is 19.8 Å². The van der Waals surface area contributed by atoms with Crippen LogP contribution in [0, 0.1) is 0 Å². The minimum absolute atomic E-state index is 0.0454. The lowest BCUT2D eigenvalue weighted by Crippen LogP contribution is -2.22.